The molecule has 2 atom stereocenters. The molecule has 2 aliphatic carbocycles. The van der Waals surface area contributed by atoms with Crippen molar-refractivity contribution in [1.29, 1.82) is 0 Å². The van der Waals surface area contributed by atoms with Gasteiger partial charge < -0.3 is 14.8 Å². The van der Waals surface area contributed by atoms with Crippen LogP contribution in [0.5, 0.6) is 0 Å². The Kier molecular flexibility index (Phi) is 3.90. The van der Waals surface area contributed by atoms with Crippen LogP contribution in [-0.4, -0.2) is 51.8 Å². The molecule has 1 saturated heterocycles. The van der Waals surface area contributed by atoms with Gasteiger partial charge in [-0.25, -0.2) is 0 Å². The number of hydrogen-bond donors (Lipinski definition) is 1. The van der Waals surface area contributed by atoms with Gasteiger partial charge in [0.2, 0.25) is 5.91 Å². The Labute approximate surface area is 165 Å². The fourth-order valence-corrected chi connectivity index (χ4v) is 4.87. The summed E-state index contributed by atoms with van der Waals surface area (Å²) in [6.07, 6.45) is 4.25. The van der Waals surface area contributed by atoms with Crippen molar-refractivity contribution in [3.05, 3.63) is 46.2 Å². The van der Waals surface area contributed by atoms with Gasteiger partial charge in [0, 0.05) is 29.6 Å². The van der Waals surface area contributed by atoms with Gasteiger partial charge in [-0.3, -0.25) is 9.59 Å². The van der Waals surface area contributed by atoms with E-state index in [-0.39, 0.29) is 23.9 Å². The van der Waals surface area contributed by atoms with Crippen LogP contribution < -0.4 is 0 Å². The van der Waals surface area contributed by atoms with Crippen LogP contribution in [0, 0.1) is 13.8 Å². The molecule has 1 aromatic heterocycles. The number of rotatable bonds is 2. The molecule has 1 aromatic carbocycles. The summed E-state index contributed by atoms with van der Waals surface area (Å²) in [7, 11) is 0. The molecule has 0 radical (unpaired) electrons. The molecule has 28 heavy (non-hydrogen) atoms. The molecule has 5 nitrogen and oxygen atoms in total. The number of nitrogens with one attached hydrogen (secondary N) is 1. The predicted octanol–water partition coefficient (Wildman–Crippen LogP) is 3.71. The Bertz CT molecular complexity index is 1030. The average Bonchev–Trinajstić information content (AvgIpc) is 3.30. The number of allylic oxidation sites excluding steroid dienone is 1. The Hall–Kier alpha value is -2.56. The highest BCUT2D eigenvalue weighted by molar-refractivity contribution is 6.00. The summed E-state index contributed by atoms with van der Waals surface area (Å²) in [6, 6.07) is 6.57. The average molecular weight is 377 g/mol. The molecule has 0 spiro atoms. The number of carbonyl (C=O) groups excluding carboxylic acids is 2. The molecular weight excluding hydrogens is 350 g/mol. The van der Waals surface area contributed by atoms with Crippen molar-refractivity contribution >= 4 is 22.7 Å². The van der Waals surface area contributed by atoms with Gasteiger partial charge in [0.1, 0.15) is 5.69 Å². The maximum atomic E-state index is 13.2. The van der Waals surface area contributed by atoms with Crippen LogP contribution in [0.25, 0.3) is 10.9 Å². The topological polar surface area (TPSA) is 56.4 Å². The number of aryl methyl sites for hydroxylation is 2. The van der Waals surface area contributed by atoms with E-state index in [4.69, 9.17) is 0 Å². The Balaban J connectivity index is 1.34. The number of amides is 2. The zero-order chi connectivity index (χ0) is 19.6. The number of aromatic nitrogens is 1. The summed E-state index contributed by atoms with van der Waals surface area (Å²) >= 11 is 0. The molecular formula is C23H27N3O2. The van der Waals surface area contributed by atoms with Crippen molar-refractivity contribution in [3.63, 3.8) is 0 Å². The molecule has 2 saturated carbocycles. The Morgan fingerprint density at radius 2 is 1.75 bits per heavy atom. The molecule has 0 bridgehead atoms. The summed E-state index contributed by atoms with van der Waals surface area (Å²) in [5.41, 5.74) is 6.32. The molecule has 1 N–H and O–H groups in total. The third kappa shape index (κ3) is 2.67. The maximum absolute atomic E-state index is 13.2. The maximum Gasteiger partial charge on any atom is 0.270 e. The highest BCUT2D eigenvalue weighted by atomic mass is 16.2. The quantitative estimate of drug-likeness (QED) is 0.811. The second kappa shape index (κ2) is 6.23. The number of nitrogens with zero attached hydrogens (tertiary/aromatic N) is 2. The summed E-state index contributed by atoms with van der Waals surface area (Å²) in [4.78, 5) is 33.3. The van der Waals surface area contributed by atoms with Crippen molar-refractivity contribution in [3.8, 4) is 0 Å². The van der Waals surface area contributed by atoms with Crippen molar-refractivity contribution in [2.75, 3.05) is 13.1 Å². The lowest BCUT2D eigenvalue weighted by molar-refractivity contribution is -0.129. The van der Waals surface area contributed by atoms with E-state index in [2.05, 4.69) is 31.0 Å². The van der Waals surface area contributed by atoms with Crippen molar-refractivity contribution in [2.24, 2.45) is 0 Å². The first-order chi connectivity index (χ1) is 13.4. The minimum absolute atomic E-state index is 0.0573. The summed E-state index contributed by atoms with van der Waals surface area (Å²) < 4.78 is 0. The van der Waals surface area contributed by atoms with E-state index in [0.29, 0.717) is 18.8 Å². The van der Waals surface area contributed by atoms with E-state index >= 15 is 0 Å². The standard InChI is InChI=1S/C23H27N3O2/c1-13-9-14(2)21-17(10-13)11-18(24-21)23(28)26-8-7-25(19-12-20(19)26)22(27)15(3)16-5-4-6-16/h9-11,19-20,24H,4-8,12H2,1-3H3. The summed E-state index contributed by atoms with van der Waals surface area (Å²) in [5, 5.41) is 1.09. The van der Waals surface area contributed by atoms with Crippen LogP contribution in [-0.2, 0) is 4.79 Å². The summed E-state index contributed by atoms with van der Waals surface area (Å²) in [5.74, 6) is 0.243. The number of benzene rings is 1. The third-order valence-corrected chi connectivity index (χ3v) is 6.74. The number of H-pyrrole nitrogens is 1. The van der Waals surface area contributed by atoms with Gasteiger partial charge >= 0.3 is 0 Å². The monoisotopic (exact) mass is 377 g/mol. The Morgan fingerprint density at radius 1 is 1.04 bits per heavy atom. The number of fused-ring (bicyclic) bond motifs is 2. The van der Waals surface area contributed by atoms with E-state index in [9.17, 15) is 9.59 Å². The predicted molar refractivity (Wildman–Crippen MR) is 109 cm³/mol. The third-order valence-electron chi connectivity index (χ3n) is 6.74. The molecule has 1 aliphatic heterocycles. The van der Waals surface area contributed by atoms with E-state index < -0.39 is 0 Å². The van der Waals surface area contributed by atoms with E-state index in [1.165, 1.54) is 17.6 Å². The molecule has 146 valence electrons. The fraction of sp³-hybridized carbons (Fsp3) is 0.478. The fourth-order valence-electron chi connectivity index (χ4n) is 4.87. The first-order valence-electron chi connectivity index (χ1n) is 10.3. The van der Waals surface area contributed by atoms with E-state index in [0.717, 1.165) is 41.3 Å². The highest BCUT2D eigenvalue weighted by Crippen LogP contribution is 2.39. The van der Waals surface area contributed by atoms with Crippen LogP contribution in [0.2, 0.25) is 0 Å². The van der Waals surface area contributed by atoms with Gasteiger partial charge in [-0.2, -0.15) is 0 Å². The first kappa shape index (κ1) is 17.5. The van der Waals surface area contributed by atoms with Gasteiger partial charge in [-0.1, -0.05) is 17.2 Å². The number of piperazine rings is 1. The summed E-state index contributed by atoms with van der Waals surface area (Å²) in [6.45, 7) is 7.37. The molecule has 2 aromatic rings. The minimum Gasteiger partial charge on any atom is -0.350 e. The molecule has 2 amide bonds. The SMILES string of the molecule is CC(C(=O)N1CCN(C(=O)c2cc3cc(C)cc(C)c3[nH]2)C2CC21)=C1CCC1. The Morgan fingerprint density at radius 3 is 2.46 bits per heavy atom. The zero-order valence-electron chi connectivity index (χ0n) is 16.8. The molecule has 5 heteroatoms. The van der Waals surface area contributed by atoms with E-state index in [1.807, 2.05) is 22.8 Å². The second-order valence-corrected chi connectivity index (χ2v) is 8.68. The molecule has 5 rings (SSSR count). The smallest absolute Gasteiger partial charge is 0.270 e. The lowest BCUT2D eigenvalue weighted by atomic mass is 9.88. The van der Waals surface area contributed by atoms with E-state index in [1.54, 1.807) is 0 Å². The van der Waals surface area contributed by atoms with Gasteiger partial charge in [0.05, 0.1) is 12.1 Å². The number of carbonyl (C=O) groups is 2. The van der Waals surface area contributed by atoms with Crippen molar-refractivity contribution in [1.82, 2.24) is 14.8 Å². The van der Waals surface area contributed by atoms with Crippen LogP contribution in [0.4, 0.5) is 0 Å². The van der Waals surface area contributed by atoms with Crippen LogP contribution in [0.1, 0.15) is 54.2 Å². The molecule has 2 heterocycles. The second-order valence-electron chi connectivity index (χ2n) is 8.68. The van der Waals surface area contributed by atoms with Gasteiger partial charge in [-0.15, -0.1) is 0 Å². The number of hydrogen-bond acceptors (Lipinski definition) is 2. The normalized spacial score (nSPS) is 23.5. The lowest BCUT2D eigenvalue weighted by Gasteiger charge is -2.35. The number of aromatic amines is 1. The van der Waals surface area contributed by atoms with Crippen LogP contribution >= 0.6 is 0 Å². The van der Waals surface area contributed by atoms with Crippen LogP contribution in [0.3, 0.4) is 0 Å². The van der Waals surface area contributed by atoms with Crippen LogP contribution in [0.15, 0.2) is 29.3 Å². The van der Waals surface area contributed by atoms with Gasteiger partial charge in [0.25, 0.3) is 5.91 Å². The largest absolute Gasteiger partial charge is 0.350 e. The molecule has 3 fully saturated rings. The lowest BCUT2D eigenvalue weighted by Crippen LogP contribution is -2.51. The van der Waals surface area contributed by atoms with Gasteiger partial charge in [-0.05, 0) is 64.2 Å². The minimum atomic E-state index is 0.0573. The van der Waals surface area contributed by atoms with Crippen molar-refractivity contribution < 1.29 is 9.59 Å². The van der Waals surface area contributed by atoms with Crippen molar-refractivity contribution in [2.45, 2.75) is 58.5 Å². The highest BCUT2D eigenvalue weighted by Gasteiger charge is 2.52. The molecule has 3 aliphatic rings. The first-order valence-corrected chi connectivity index (χ1v) is 10.3. The zero-order valence-corrected chi connectivity index (χ0v) is 16.8. The molecule has 2 unspecified atom stereocenters. The van der Waals surface area contributed by atoms with Gasteiger partial charge in [0.15, 0.2) is 0 Å².